The van der Waals surface area contributed by atoms with Crippen molar-refractivity contribution >= 4 is 0 Å². The SMILES string of the molecule is C=CCOc1c(C)n(CCCCCCCCCCCCCCCC)ccc1=O. The molecule has 0 unspecified atom stereocenters. The number of unbranched alkanes of at least 4 members (excludes halogenated alkanes) is 13. The lowest BCUT2D eigenvalue weighted by molar-refractivity contribution is 0.350. The van der Waals surface area contributed by atoms with Gasteiger partial charge in [0.05, 0.1) is 5.69 Å². The highest BCUT2D eigenvalue weighted by Gasteiger charge is 2.07. The molecule has 1 heterocycles. The monoisotopic (exact) mass is 389 g/mol. The molecule has 3 heteroatoms. The average molecular weight is 390 g/mol. The summed E-state index contributed by atoms with van der Waals surface area (Å²) in [5.41, 5.74) is 0.876. The number of ether oxygens (including phenoxy) is 1. The fourth-order valence-corrected chi connectivity index (χ4v) is 3.69. The van der Waals surface area contributed by atoms with Gasteiger partial charge < -0.3 is 9.30 Å². The van der Waals surface area contributed by atoms with Crippen LogP contribution in [0.4, 0.5) is 0 Å². The first kappa shape index (κ1) is 24.5. The molecule has 0 aliphatic carbocycles. The highest BCUT2D eigenvalue weighted by molar-refractivity contribution is 5.27. The Kier molecular flexibility index (Phi) is 14.4. The van der Waals surface area contributed by atoms with Crippen molar-refractivity contribution in [3.63, 3.8) is 0 Å². The Hall–Kier alpha value is -1.51. The molecule has 0 saturated carbocycles. The molecule has 3 nitrogen and oxygen atoms in total. The molecule has 0 radical (unpaired) electrons. The predicted octanol–water partition coefficient (Wildman–Crippen LogP) is 7.20. The summed E-state index contributed by atoms with van der Waals surface area (Å²) in [6.07, 6.45) is 22.7. The van der Waals surface area contributed by atoms with Gasteiger partial charge in [-0.3, -0.25) is 4.79 Å². The van der Waals surface area contributed by atoms with E-state index in [4.69, 9.17) is 4.74 Å². The molecule has 160 valence electrons. The highest BCUT2D eigenvalue weighted by atomic mass is 16.5. The molecule has 0 aliphatic rings. The Balaban J connectivity index is 2.04. The molecule has 0 aliphatic heterocycles. The summed E-state index contributed by atoms with van der Waals surface area (Å²) in [6.45, 7) is 9.21. The number of rotatable bonds is 18. The van der Waals surface area contributed by atoms with E-state index < -0.39 is 0 Å². The fourth-order valence-electron chi connectivity index (χ4n) is 3.69. The number of aromatic nitrogens is 1. The molecule has 0 atom stereocenters. The Morgan fingerprint density at radius 2 is 1.39 bits per heavy atom. The van der Waals surface area contributed by atoms with Crippen molar-refractivity contribution in [1.29, 1.82) is 0 Å². The van der Waals surface area contributed by atoms with Crippen LogP contribution in [0.1, 0.15) is 103 Å². The molecule has 1 aromatic heterocycles. The van der Waals surface area contributed by atoms with Gasteiger partial charge >= 0.3 is 0 Å². The molecule has 0 fully saturated rings. The van der Waals surface area contributed by atoms with Crippen LogP contribution in [0.25, 0.3) is 0 Å². The standard InChI is InChI=1S/C25H43NO2/c1-4-6-7-8-9-10-11-12-13-14-15-16-17-18-20-26-21-19-24(27)25(23(26)3)28-22-5-2/h5,19,21H,2,4,6-18,20,22H2,1,3H3. The highest BCUT2D eigenvalue weighted by Crippen LogP contribution is 2.15. The summed E-state index contributed by atoms with van der Waals surface area (Å²) >= 11 is 0. The van der Waals surface area contributed by atoms with Crippen LogP contribution in [0.2, 0.25) is 0 Å². The van der Waals surface area contributed by atoms with Gasteiger partial charge in [-0.05, 0) is 13.3 Å². The smallest absolute Gasteiger partial charge is 0.223 e. The first-order valence-corrected chi connectivity index (χ1v) is 11.6. The Labute approximate surface area is 173 Å². The molecule has 0 N–H and O–H groups in total. The van der Waals surface area contributed by atoms with Gasteiger partial charge in [-0.1, -0.05) is 103 Å². The predicted molar refractivity (Wildman–Crippen MR) is 121 cm³/mol. The van der Waals surface area contributed by atoms with E-state index in [0.29, 0.717) is 12.4 Å². The largest absolute Gasteiger partial charge is 0.484 e. The van der Waals surface area contributed by atoms with E-state index in [0.717, 1.165) is 18.7 Å². The molecule has 1 rings (SSSR count). The first-order chi connectivity index (χ1) is 13.7. The summed E-state index contributed by atoms with van der Waals surface area (Å²) in [5.74, 6) is 0.466. The van der Waals surface area contributed by atoms with E-state index >= 15 is 0 Å². The molecule has 0 aromatic carbocycles. The quantitative estimate of drug-likeness (QED) is 0.196. The minimum Gasteiger partial charge on any atom is -0.484 e. The van der Waals surface area contributed by atoms with Gasteiger partial charge in [-0.25, -0.2) is 0 Å². The summed E-state index contributed by atoms with van der Waals surface area (Å²) < 4.78 is 7.67. The summed E-state index contributed by atoms with van der Waals surface area (Å²) in [7, 11) is 0. The molecule has 0 saturated heterocycles. The van der Waals surface area contributed by atoms with Crippen molar-refractivity contribution in [2.75, 3.05) is 6.61 Å². The van der Waals surface area contributed by atoms with Crippen LogP contribution < -0.4 is 10.2 Å². The maximum atomic E-state index is 11.9. The normalized spacial score (nSPS) is 10.9. The summed E-state index contributed by atoms with van der Waals surface area (Å²) in [4.78, 5) is 11.9. The van der Waals surface area contributed by atoms with Crippen LogP contribution in [0, 0.1) is 6.92 Å². The van der Waals surface area contributed by atoms with E-state index in [1.165, 1.54) is 83.5 Å². The third-order valence-electron chi connectivity index (χ3n) is 5.49. The van der Waals surface area contributed by atoms with Crippen LogP contribution in [0.3, 0.4) is 0 Å². The van der Waals surface area contributed by atoms with E-state index in [1.807, 2.05) is 13.1 Å². The molecule has 0 amide bonds. The van der Waals surface area contributed by atoms with Crippen molar-refractivity contribution in [3.8, 4) is 5.75 Å². The van der Waals surface area contributed by atoms with E-state index in [9.17, 15) is 4.79 Å². The minimum absolute atomic E-state index is 0.0449. The second-order valence-electron chi connectivity index (χ2n) is 7.98. The second-order valence-corrected chi connectivity index (χ2v) is 7.98. The zero-order valence-electron chi connectivity index (χ0n) is 18.5. The zero-order chi connectivity index (χ0) is 20.5. The summed E-state index contributed by atoms with van der Waals surface area (Å²) in [6, 6.07) is 1.61. The zero-order valence-corrected chi connectivity index (χ0v) is 18.5. The van der Waals surface area contributed by atoms with E-state index in [2.05, 4.69) is 18.1 Å². The fraction of sp³-hybridized carbons (Fsp3) is 0.720. The Bertz CT molecular complexity index is 576. The lowest BCUT2D eigenvalue weighted by atomic mass is 10.0. The van der Waals surface area contributed by atoms with Crippen molar-refractivity contribution in [2.45, 2.75) is 110 Å². The minimum atomic E-state index is -0.0449. The van der Waals surface area contributed by atoms with Gasteiger partial charge in [0.25, 0.3) is 0 Å². The van der Waals surface area contributed by atoms with Crippen LogP contribution in [0.15, 0.2) is 29.7 Å². The molecular formula is C25H43NO2. The number of aryl methyl sites for hydroxylation is 1. The van der Waals surface area contributed by atoms with E-state index in [-0.39, 0.29) is 5.43 Å². The van der Waals surface area contributed by atoms with Crippen LogP contribution >= 0.6 is 0 Å². The van der Waals surface area contributed by atoms with Gasteiger partial charge in [0.2, 0.25) is 5.43 Å². The van der Waals surface area contributed by atoms with E-state index in [1.54, 1.807) is 12.1 Å². The average Bonchev–Trinajstić information content (AvgIpc) is 2.69. The second kappa shape index (κ2) is 16.4. The molecule has 1 aromatic rings. The van der Waals surface area contributed by atoms with Gasteiger partial charge in [0.1, 0.15) is 6.61 Å². The van der Waals surface area contributed by atoms with Gasteiger partial charge in [0, 0.05) is 18.8 Å². The third-order valence-corrected chi connectivity index (χ3v) is 5.49. The van der Waals surface area contributed by atoms with Crippen molar-refractivity contribution in [3.05, 3.63) is 40.8 Å². The third kappa shape index (κ3) is 10.7. The van der Waals surface area contributed by atoms with Crippen LogP contribution in [-0.2, 0) is 6.54 Å². The van der Waals surface area contributed by atoms with Crippen molar-refractivity contribution in [1.82, 2.24) is 4.57 Å². The first-order valence-electron chi connectivity index (χ1n) is 11.6. The van der Waals surface area contributed by atoms with Gasteiger partial charge in [0.15, 0.2) is 5.75 Å². The maximum absolute atomic E-state index is 11.9. The van der Waals surface area contributed by atoms with Gasteiger partial charge in [-0.2, -0.15) is 0 Å². The number of hydrogen-bond acceptors (Lipinski definition) is 2. The molecular weight excluding hydrogens is 346 g/mol. The lowest BCUT2D eigenvalue weighted by Crippen LogP contribution is -2.15. The van der Waals surface area contributed by atoms with Crippen LogP contribution in [0.5, 0.6) is 5.75 Å². The Morgan fingerprint density at radius 1 is 0.893 bits per heavy atom. The number of hydrogen-bond donors (Lipinski definition) is 0. The summed E-state index contributed by atoms with van der Waals surface area (Å²) in [5, 5.41) is 0. The lowest BCUT2D eigenvalue weighted by Gasteiger charge is -2.14. The molecule has 0 spiro atoms. The molecule has 0 bridgehead atoms. The topological polar surface area (TPSA) is 31.2 Å². The maximum Gasteiger partial charge on any atom is 0.223 e. The van der Waals surface area contributed by atoms with Gasteiger partial charge in [-0.15, -0.1) is 0 Å². The Morgan fingerprint density at radius 3 is 1.89 bits per heavy atom. The number of pyridine rings is 1. The molecule has 28 heavy (non-hydrogen) atoms. The number of nitrogens with zero attached hydrogens (tertiary/aromatic N) is 1. The van der Waals surface area contributed by atoms with Crippen molar-refractivity contribution in [2.24, 2.45) is 0 Å². The van der Waals surface area contributed by atoms with Crippen LogP contribution in [-0.4, -0.2) is 11.2 Å². The van der Waals surface area contributed by atoms with Crippen molar-refractivity contribution < 1.29 is 4.74 Å².